The maximum absolute atomic E-state index is 10.2. The van der Waals surface area contributed by atoms with Crippen LogP contribution in [0.2, 0.25) is 0 Å². The van der Waals surface area contributed by atoms with E-state index < -0.39 is 0 Å². The Balaban J connectivity index is 2.68. The van der Waals surface area contributed by atoms with Gasteiger partial charge in [0.25, 0.3) is 0 Å². The Morgan fingerprint density at radius 3 is 2.62 bits per heavy atom. The van der Waals surface area contributed by atoms with Crippen LogP contribution in [0.1, 0.15) is 5.56 Å². The number of hydrogen-bond acceptors (Lipinski definition) is 2. The predicted octanol–water partition coefficient (Wildman–Crippen LogP) is 3.11. The highest BCUT2D eigenvalue weighted by Gasteiger charge is 1.98. The maximum atomic E-state index is 10.2. The van der Waals surface area contributed by atoms with Crippen molar-refractivity contribution in [3.8, 4) is 0 Å². The summed E-state index contributed by atoms with van der Waals surface area (Å²) in [6, 6.07) is 13.9. The Morgan fingerprint density at radius 1 is 1.00 bits per heavy atom. The van der Waals surface area contributed by atoms with Crippen LogP contribution in [0.4, 0.5) is 0 Å². The van der Waals surface area contributed by atoms with Gasteiger partial charge in [0.05, 0.1) is 0 Å². The van der Waals surface area contributed by atoms with Gasteiger partial charge >= 0.3 is 0 Å². The normalized spacial score (nSPS) is 10.2. The fraction of sp³-hybridized carbons (Fsp3) is 0.0909. The summed E-state index contributed by atoms with van der Waals surface area (Å²) < 4.78 is 0. The zero-order chi connectivity index (χ0) is 9.10. The molecule has 2 rings (SSSR count). The standard InChI is InChI=1S/C11H9NO/c13-12-8-10-6-3-5-9-4-1-2-7-11(9)10/h1-7H,8H2. The summed E-state index contributed by atoms with van der Waals surface area (Å²) in [6.45, 7) is 0.251. The van der Waals surface area contributed by atoms with Crippen molar-refractivity contribution >= 4 is 10.8 Å². The van der Waals surface area contributed by atoms with E-state index in [1.807, 2.05) is 42.5 Å². The first kappa shape index (κ1) is 7.92. The molecule has 0 saturated carbocycles. The van der Waals surface area contributed by atoms with E-state index in [2.05, 4.69) is 5.18 Å². The van der Waals surface area contributed by atoms with E-state index in [1.165, 1.54) is 0 Å². The van der Waals surface area contributed by atoms with E-state index in [4.69, 9.17) is 0 Å². The van der Waals surface area contributed by atoms with Crippen molar-refractivity contribution in [1.82, 2.24) is 0 Å². The fourth-order valence-electron chi connectivity index (χ4n) is 1.50. The minimum Gasteiger partial charge on any atom is -0.150 e. The van der Waals surface area contributed by atoms with E-state index in [-0.39, 0.29) is 6.54 Å². The van der Waals surface area contributed by atoms with Crippen LogP contribution in [0.25, 0.3) is 10.8 Å². The van der Waals surface area contributed by atoms with Crippen molar-refractivity contribution in [2.45, 2.75) is 6.54 Å². The van der Waals surface area contributed by atoms with E-state index in [9.17, 15) is 4.91 Å². The Hall–Kier alpha value is -1.70. The number of nitroso groups, excluding NO2 is 1. The number of nitrogens with zero attached hydrogens (tertiary/aromatic N) is 1. The highest BCUT2D eigenvalue weighted by atomic mass is 16.3. The van der Waals surface area contributed by atoms with Crippen molar-refractivity contribution in [1.29, 1.82) is 0 Å². The number of rotatable bonds is 2. The van der Waals surface area contributed by atoms with Gasteiger partial charge in [0.2, 0.25) is 0 Å². The number of fused-ring (bicyclic) bond motifs is 1. The molecule has 0 aliphatic carbocycles. The molecule has 0 fully saturated rings. The summed E-state index contributed by atoms with van der Waals surface area (Å²) in [5.41, 5.74) is 0.994. The number of benzene rings is 2. The highest BCUT2D eigenvalue weighted by Crippen LogP contribution is 2.18. The smallest absolute Gasteiger partial charge is 0.107 e. The molecule has 2 aromatic rings. The molecule has 0 aliphatic heterocycles. The lowest BCUT2D eigenvalue weighted by Gasteiger charge is -2.01. The second-order valence-corrected chi connectivity index (χ2v) is 2.93. The van der Waals surface area contributed by atoms with Gasteiger partial charge in [0, 0.05) is 0 Å². The van der Waals surface area contributed by atoms with Gasteiger partial charge in [0.15, 0.2) is 0 Å². The van der Waals surface area contributed by atoms with Crippen LogP contribution in [0, 0.1) is 4.91 Å². The average Bonchev–Trinajstić information content (AvgIpc) is 2.19. The molecule has 0 unspecified atom stereocenters. The topological polar surface area (TPSA) is 29.4 Å². The zero-order valence-corrected chi connectivity index (χ0v) is 7.10. The average molecular weight is 171 g/mol. The largest absolute Gasteiger partial charge is 0.150 e. The van der Waals surface area contributed by atoms with Gasteiger partial charge in [0.1, 0.15) is 6.54 Å². The second-order valence-electron chi connectivity index (χ2n) is 2.93. The first-order valence-electron chi connectivity index (χ1n) is 4.17. The molecule has 2 aromatic carbocycles. The molecule has 0 atom stereocenters. The molecule has 0 heterocycles. The van der Waals surface area contributed by atoms with Crippen LogP contribution >= 0.6 is 0 Å². The van der Waals surface area contributed by atoms with Crippen LogP contribution < -0.4 is 0 Å². The SMILES string of the molecule is O=NCc1cccc2ccccc12. The predicted molar refractivity (Wildman–Crippen MR) is 53.4 cm³/mol. The van der Waals surface area contributed by atoms with Gasteiger partial charge in [-0.3, -0.25) is 0 Å². The Morgan fingerprint density at radius 2 is 1.77 bits per heavy atom. The van der Waals surface area contributed by atoms with E-state index >= 15 is 0 Å². The van der Waals surface area contributed by atoms with Crippen molar-refractivity contribution in [2.24, 2.45) is 5.18 Å². The first-order chi connectivity index (χ1) is 6.42. The molecule has 0 spiro atoms. The van der Waals surface area contributed by atoms with Gasteiger partial charge in [-0.2, -0.15) is 4.91 Å². The summed E-state index contributed by atoms with van der Waals surface area (Å²) in [4.78, 5) is 10.2. The Kier molecular flexibility index (Phi) is 2.04. The molecule has 2 heteroatoms. The lowest BCUT2D eigenvalue weighted by molar-refractivity contribution is 1.07. The van der Waals surface area contributed by atoms with Crippen LogP contribution in [0.3, 0.4) is 0 Å². The summed E-state index contributed by atoms with van der Waals surface area (Å²) in [5, 5.41) is 5.18. The molecule has 0 radical (unpaired) electrons. The minimum atomic E-state index is 0.251. The van der Waals surface area contributed by atoms with Crippen LogP contribution in [0.5, 0.6) is 0 Å². The van der Waals surface area contributed by atoms with E-state index in [1.54, 1.807) is 0 Å². The van der Waals surface area contributed by atoms with Gasteiger partial charge in [-0.25, -0.2) is 0 Å². The van der Waals surface area contributed by atoms with Gasteiger partial charge in [-0.1, -0.05) is 47.6 Å². The third kappa shape index (κ3) is 1.43. The molecule has 0 N–H and O–H groups in total. The Labute approximate surface area is 76.2 Å². The molecule has 0 aliphatic rings. The highest BCUT2D eigenvalue weighted by molar-refractivity contribution is 5.85. The van der Waals surface area contributed by atoms with Crippen LogP contribution in [0.15, 0.2) is 47.6 Å². The minimum absolute atomic E-state index is 0.251. The van der Waals surface area contributed by atoms with Crippen molar-refractivity contribution in [3.63, 3.8) is 0 Å². The summed E-state index contributed by atoms with van der Waals surface area (Å²) >= 11 is 0. The molecule has 13 heavy (non-hydrogen) atoms. The molecule has 2 nitrogen and oxygen atoms in total. The molecule has 0 bridgehead atoms. The summed E-state index contributed by atoms with van der Waals surface area (Å²) in [6.07, 6.45) is 0. The first-order valence-corrected chi connectivity index (χ1v) is 4.17. The number of hydrogen-bond donors (Lipinski definition) is 0. The second kappa shape index (κ2) is 3.35. The summed E-state index contributed by atoms with van der Waals surface area (Å²) in [7, 11) is 0. The Bertz CT molecular complexity index is 432. The monoisotopic (exact) mass is 171 g/mol. The van der Waals surface area contributed by atoms with Gasteiger partial charge in [-0.05, 0) is 16.3 Å². The zero-order valence-electron chi connectivity index (χ0n) is 7.10. The van der Waals surface area contributed by atoms with Crippen molar-refractivity contribution in [2.75, 3.05) is 0 Å². The lowest BCUT2D eigenvalue weighted by atomic mass is 10.1. The third-order valence-corrected chi connectivity index (χ3v) is 2.11. The van der Waals surface area contributed by atoms with Gasteiger partial charge in [-0.15, -0.1) is 0 Å². The van der Waals surface area contributed by atoms with Crippen LogP contribution in [-0.2, 0) is 6.54 Å². The summed E-state index contributed by atoms with van der Waals surface area (Å²) in [5.74, 6) is 0. The third-order valence-electron chi connectivity index (χ3n) is 2.11. The molecular weight excluding hydrogens is 162 g/mol. The molecule has 0 amide bonds. The molecule has 0 saturated heterocycles. The molecular formula is C11H9NO. The molecule has 0 aromatic heterocycles. The van der Waals surface area contributed by atoms with E-state index in [0.717, 1.165) is 16.3 Å². The quantitative estimate of drug-likeness (QED) is 0.638. The lowest BCUT2D eigenvalue weighted by Crippen LogP contribution is -1.82. The maximum Gasteiger partial charge on any atom is 0.107 e. The molecule has 64 valence electrons. The van der Waals surface area contributed by atoms with E-state index in [0.29, 0.717) is 0 Å². The van der Waals surface area contributed by atoms with Crippen LogP contribution in [-0.4, -0.2) is 0 Å². The fourth-order valence-corrected chi connectivity index (χ4v) is 1.50. The van der Waals surface area contributed by atoms with Crippen molar-refractivity contribution < 1.29 is 0 Å². The van der Waals surface area contributed by atoms with Gasteiger partial charge < -0.3 is 0 Å². The van der Waals surface area contributed by atoms with Crippen molar-refractivity contribution in [3.05, 3.63) is 52.9 Å².